The lowest BCUT2D eigenvalue weighted by atomic mass is 9.67. The normalized spacial score (nSPS) is 16.8. The van der Waals surface area contributed by atoms with Crippen molar-refractivity contribution >= 4 is 28.7 Å². The average molecular weight is 513 g/mol. The highest BCUT2D eigenvalue weighted by Crippen LogP contribution is 2.44. The average Bonchev–Trinajstić information content (AvgIpc) is 3.53. The molecular weight excluding hydrogens is 484 g/mol. The molecule has 0 saturated carbocycles. The van der Waals surface area contributed by atoms with E-state index in [1.165, 1.54) is 12.4 Å². The van der Waals surface area contributed by atoms with E-state index in [0.717, 1.165) is 30.5 Å². The van der Waals surface area contributed by atoms with E-state index in [1.807, 2.05) is 29.6 Å². The van der Waals surface area contributed by atoms with Crippen molar-refractivity contribution < 1.29 is 19.5 Å². The highest BCUT2D eigenvalue weighted by Gasteiger charge is 2.43. The van der Waals surface area contributed by atoms with Gasteiger partial charge in [-0.25, -0.2) is 14.8 Å². The molecule has 1 aliphatic carbocycles. The molecule has 4 aromatic rings. The number of hydrogen-bond donors (Lipinski definition) is 2. The van der Waals surface area contributed by atoms with Crippen LogP contribution in [0, 0.1) is 5.41 Å². The van der Waals surface area contributed by atoms with Gasteiger partial charge in [0.15, 0.2) is 5.78 Å². The van der Waals surface area contributed by atoms with Gasteiger partial charge in [-0.15, -0.1) is 0 Å². The van der Waals surface area contributed by atoms with E-state index in [4.69, 9.17) is 0 Å². The number of likely N-dealkylation sites (tertiary alicyclic amines) is 1. The summed E-state index contributed by atoms with van der Waals surface area (Å²) in [4.78, 5) is 51.6. The van der Waals surface area contributed by atoms with Gasteiger partial charge in [-0.3, -0.25) is 14.3 Å². The topological polar surface area (TPSA) is 134 Å². The minimum Gasteiger partial charge on any atom is -0.478 e. The van der Waals surface area contributed by atoms with Gasteiger partial charge >= 0.3 is 5.97 Å². The second-order valence-corrected chi connectivity index (χ2v) is 10.7. The van der Waals surface area contributed by atoms with E-state index in [2.05, 4.69) is 20.1 Å². The Morgan fingerprint density at radius 3 is 2.63 bits per heavy atom. The number of aromatic amines is 1. The number of aromatic carboxylic acids is 1. The number of carbonyl (C=O) groups excluding carboxylic acids is 2. The number of carbonyl (C=O) groups is 3. The van der Waals surface area contributed by atoms with Gasteiger partial charge in [0.1, 0.15) is 23.4 Å². The molecule has 2 aliphatic rings. The summed E-state index contributed by atoms with van der Waals surface area (Å²) in [6, 6.07) is 8.41. The lowest BCUT2D eigenvalue weighted by Crippen LogP contribution is -2.46. The number of piperidine rings is 1. The van der Waals surface area contributed by atoms with Crippen LogP contribution < -0.4 is 0 Å². The first-order valence-corrected chi connectivity index (χ1v) is 12.8. The molecule has 6 rings (SSSR count). The van der Waals surface area contributed by atoms with Crippen molar-refractivity contribution in [2.75, 3.05) is 13.1 Å². The molecule has 4 heterocycles. The van der Waals surface area contributed by atoms with Crippen LogP contribution >= 0.6 is 0 Å². The maximum Gasteiger partial charge on any atom is 0.335 e. The summed E-state index contributed by atoms with van der Waals surface area (Å²) in [6.07, 6.45) is 6.04. The Bertz CT molecular complexity index is 1590. The van der Waals surface area contributed by atoms with Crippen molar-refractivity contribution in [3.8, 4) is 11.3 Å². The van der Waals surface area contributed by atoms with Crippen molar-refractivity contribution in [3.63, 3.8) is 0 Å². The number of ketones is 1. The van der Waals surface area contributed by atoms with Crippen LogP contribution in [0.5, 0.6) is 0 Å². The number of carboxylic acids is 1. The largest absolute Gasteiger partial charge is 0.478 e. The van der Waals surface area contributed by atoms with Gasteiger partial charge in [-0.05, 0) is 56.7 Å². The first-order chi connectivity index (χ1) is 18.2. The Morgan fingerprint density at radius 1 is 1.11 bits per heavy atom. The number of rotatable bonds is 4. The molecule has 3 aromatic heterocycles. The monoisotopic (exact) mass is 512 g/mol. The summed E-state index contributed by atoms with van der Waals surface area (Å²) in [7, 11) is 0. The van der Waals surface area contributed by atoms with Gasteiger partial charge < -0.3 is 15.0 Å². The van der Waals surface area contributed by atoms with Crippen molar-refractivity contribution in [1.82, 2.24) is 29.6 Å². The molecule has 1 aromatic carbocycles. The fourth-order valence-electron chi connectivity index (χ4n) is 5.91. The van der Waals surface area contributed by atoms with Crippen LogP contribution in [0.1, 0.15) is 76.1 Å². The minimum atomic E-state index is -1.02. The predicted octanol–water partition coefficient (Wildman–Crippen LogP) is 4.15. The Morgan fingerprint density at radius 2 is 1.89 bits per heavy atom. The van der Waals surface area contributed by atoms with Crippen LogP contribution in [0.4, 0.5) is 0 Å². The standard InChI is InChI=1S/C28H28N6O4/c1-16(2)34-24-19(14-31-34)12-28(13-22(24)35)6-8-33(9-7-28)26(36)21-11-20-23(29-15-30-25(20)32-21)17-4-3-5-18(10-17)27(37)38/h3-5,10-11,14-16H,6-9,12-13H2,1-2H3,(H,37,38)(H,29,30,32). The summed E-state index contributed by atoms with van der Waals surface area (Å²) in [6.45, 7) is 5.18. The third-order valence-corrected chi connectivity index (χ3v) is 7.88. The van der Waals surface area contributed by atoms with E-state index in [9.17, 15) is 19.5 Å². The molecule has 0 atom stereocenters. The van der Waals surface area contributed by atoms with E-state index >= 15 is 0 Å². The Hall–Kier alpha value is -4.34. The molecule has 0 radical (unpaired) electrons. The maximum absolute atomic E-state index is 13.5. The van der Waals surface area contributed by atoms with Crippen LogP contribution in [0.25, 0.3) is 22.3 Å². The number of Topliss-reactive ketones (excluding diaryl/α,β-unsaturated/α-hetero) is 1. The van der Waals surface area contributed by atoms with E-state index in [0.29, 0.717) is 47.5 Å². The number of amides is 1. The lowest BCUT2D eigenvalue weighted by molar-refractivity contribution is 0.0513. The molecule has 1 fully saturated rings. The Labute approximate surface area is 218 Å². The summed E-state index contributed by atoms with van der Waals surface area (Å²) in [5.41, 5.74) is 3.90. The summed E-state index contributed by atoms with van der Waals surface area (Å²) in [5.74, 6) is -1.00. The summed E-state index contributed by atoms with van der Waals surface area (Å²) in [5, 5.41) is 14.5. The number of H-pyrrole nitrogens is 1. The molecule has 10 nitrogen and oxygen atoms in total. The molecule has 1 aliphatic heterocycles. The Kier molecular flexibility index (Phi) is 5.62. The Balaban J connectivity index is 1.21. The number of hydrogen-bond acceptors (Lipinski definition) is 6. The number of nitrogens with zero attached hydrogens (tertiary/aromatic N) is 5. The van der Waals surface area contributed by atoms with Gasteiger partial charge in [0.25, 0.3) is 5.91 Å². The summed E-state index contributed by atoms with van der Waals surface area (Å²) < 4.78 is 1.83. The lowest BCUT2D eigenvalue weighted by Gasteiger charge is -2.43. The van der Waals surface area contributed by atoms with Gasteiger partial charge in [-0.1, -0.05) is 12.1 Å². The van der Waals surface area contributed by atoms with Gasteiger partial charge in [0, 0.05) is 42.1 Å². The smallest absolute Gasteiger partial charge is 0.335 e. The number of benzene rings is 1. The van der Waals surface area contributed by atoms with Gasteiger partial charge in [-0.2, -0.15) is 5.10 Å². The predicted molar refractivity (Wildman–Crippen MR) is 139 cm³/mol. The number of aromatic nitrogens is 5. The number of fused-ring (bicyclic) bond motifs is 2. The van der Waals surface area contributed by atoms with E-state index < -0.39 is 5.97 Å². The second-order valence-electron chi connectivity index (χ2n) is 10.7. The van der Waals surface area contributed by atoms with E-state index in [-0.39, 0.29) is 28.7 Å². The highest BCUT2D eigenvalue weighted by molar-refractivity contribution is 6.01. The van der Waals surface area contributed by atoms with Crippen LogP contribution in [0.3, 0.4) is 0 Å². The van der Waals surface area contributed by atoms with Crippen LogP contribution in [0.15, 0.2) is 42.9 Å². The van der Waals surface area contributed by atoms with Crippen molar-refractivity contribution in [2.45, 2.75) is 45.6 Å². The highest BCUT2D eigenvalue weighted by atomic mass is 16.4. The molecular formula is C28H28N6O4. The zero-order valence-electron chi connectivity index (χ0n) is 21.3. The molecule has 0 unspecified atom stereocenters. The summed E-state index contributed by atoms with van der Waals surface area (Å²) >= 11 is 0. The molecule has 194 valence electrons. The maximum atomic E-state index is 13.5. The number of nitrogens with one attached hydrogen (secondary N) is 1. The zero-order chi connectivity index (χ0) is 26.6. The molecule has 38 heavy (non-hydrogen) atoms. The van der Waals surface area contributed by atoms with Crippen LogP contribution in [-0.4, -0.2) is 65.5 Å². The van der Waals surface area contributed by atoms with Crippen LogP contribution in [0.2, 0.25) is 0 Å². The van der Waals surface area contributed by atoms with Gasteiger partial charge in [0.05, 0.1) is 17.5 Å². The molecule has 1 amide bonds. The zero-order valence-corrected chi connectivity index (χ0v) is 21.3. The van der Waals surface area contributed by atoms with Crippen molar-refractivity contribution in [2.24, 2.45) is 5.41 Å². The molecule has 10 heteroatoms. The third kappa shape index (κ3) is 3.96. The quantitative estimate of drug-likeness (QED) is 0.419. The second kappa shape index (κ2) is 8.90. The number of carboxylic acid groups (broad SMARTS) is 1. The third-order valence-electron chi connectivity index (χ3n) is 7.88. The first-order valence-electron chi connectivity index (χ1n) is 12.8. The molecule has 2 N–H and O–H groups in total. The minimum absolute atomic E-state index is 0.126. The SMILES string of the molecule is CC(C)n1ncc2c1C(=O)CC1(CCN(C(=O)c3cc4c(-c5cccc(C(=O)O)c5)ncnc4[nH]3)CC1)C2. The molecule has 1 saturated heterocycles. The first kappa shape index (κ1) is 24.0. The van der Waals surface area contributed by atoms with Gasteiger partial charge in [0.2, 0.25) is 0 Å². The van der Waals surface area contributed by atoms with Crippen molar-refractivity contribution in [3.05, 3.63) is 65.4 Å². The molecule has 0 bridgehead atoms. The molecule has 1 spiro atoms. The van der Waals surface area contributed by atoms with Crippen molar-refractivity contribution in [1.29, 1.82) is 0 Å². The fraction of sp³-hybridized carbons (Fsp3) is 0.357. The van der Waals surface area contributed by atoms with E-state index in [1.54, 1.807) is 24.3 Å². The fourth-order valence-corrected chi connectivity index (χ4v) is 5.91. The van der Waals surface area contributed by atoms with Crippen LogP contribution in [-0.2, 0) is 6.42 Å².